The summed E-state index contributed by atoms with van der Waals surface area (Å²) >= 11 is 0. The van der Waals surface area contributed by atoms with Crippen molar-refractivity contribution in [3.05, 3.63) is 41.6 Å². The summed E-state index contributed by atoms with van der Waals surface area (Å²) in [5, 5.41) is 3.61. The number of amides is 1. The van der Waals surface area contributed by atoms with Gasteiger partial charge in [0.1, 0.15) is 11.2 Å². The van der Waals surface area contributed by atoms with Gasteiger partial charge in [-0.2, -0.15) is 0 Å². The minimum Gasteiger partial charge on any atom is -0.462 e. The maximum atomic E-state index is 12.4. The van der Waals surface area contributed by atoms with Gasteiger partial charge in [-0.3, -0.25) is 4.79 Å². The second-order valence-electron chi connectivity index (χ2n) is 6.51. The van der Waals surface area contributed by atoms with E-state index in [2.05, 4.69) is 15.3 Å². The van der Waals surface area contributed by atoms with Crippen molar-refractivity contribution in [1.29, 1.82) is 0 Å². The lowest BCUT2D eigenvalue weighted by Crippen LogP contribution is -2.41. The van der Waals surface area contributed by atoms with E-state index < -0.39 is 11.5 Å². The number of ether oxygens (including phenoxy) is 1. The van der Waals surface area contributed by atoms with Gasteiger partial charge in [-0.25, -0.2) is 14.8 Å². The first kappa shape index (κ1) is 17.1. The van der Waals surface area contributed by atoms with Gasteiger partial charge in [0.05, 0.1) is 17.7 Å². The van der Waals surface area contributed by atoms with Gasteiger partial charge in [-0.05, 0) is 31.9 Å². The number of nitrogens with one attached hydrogen (secondary N) is 1. The van der Waals surface area contributed by atoms with Crippen LogP contribution in [0.1, 0.15) is 43.7 Å². The normalized spacial score (nSPS) is 19.9. The quantitative estimate of drug-likeness (QED) is 0.869. The minimum absolute atomic E-state index is 0.0106. The van der Waals surface area contributed by atoms with Gasteiger partial charge in [0.25, 0.3) is 5.91 Å². The number of benzene rings is 1. The van der Waals surface area contributed by atoms with Gasteiger partial charge >= 0.3 is 5.97 Å². The third-order valence-corrected chi connectivity index (χ3v) is 4.60. The molecule has 0 radical (unpaired) electrons. The highest BCUT2D eigenvalue weighted by atomic mass is 16.5. The number of pyridine rings is 1. The molecule has 0 saturated carbocycles. The number of nitrogens with zero attached hydrogens (tertiary/aromatic N) is 2. The molecule has 6 nitrogen and oxygen atoms in total. The van der Waals surface area contributed by atoms with E-state index in [1.807, 2.05) is 38.1 Å². The molecule has 6 heteroatoms. The Morgan fingerprint density at radius 3 is 2.68 bits per heavy atom. The van der Waals surface area contributed by atoms with Crippen LogP contribution in [0.5, 0.6) is 0 Å². The molecule has 1 atom stereocenters. The lowest BCUT2D eigenvalue weighted by atomic mass is 9.89. The van der Waals surface area contributed by atoms with Crippen LogP contribution in [0.25, 0.3) is 10.9 Å². The van der Waals surface area contributed by atoms with E-state index in [1.54, 1.807) is 19.9 Å². The molecule has 1 aromatic heterocycles. The first-order valence-electron chi connectivity index (χ1n) is 8.35. The summed E-state index contributed by atoms with van der Waals surface area (Å²) < 4.78 is 5.16. The summed E-state index contributed by atoms with van der Waals surface area (Å²) in [5.41, 5.74) is 0.484. The molecule has 0 spiro atoms. The molecule has 1 aliphatic heterocycles. The molecular weight excluding hydrogens is 318 g/mol. The maximum Gasteiger partial charge on any atom is 0.340 e. The van der Waals surface area contributed by atoms with Crippen LogP contribution in [0.4, 0.5) is 0 Å². The fraction of sp³-hybridized carbons (Fsp3) is 0.368. The second kappa shape index (κ2) is 6.27. The number of para-hydroxylation sites is 1. The zero-order valence-corrected chi connectivity index (χ0v) is 14.8. The number of hydrogen-bond acceptors (Lipinski definition) is 5. The molecule has 1 N–H and O–H groups in total. The number of carbonyl (C=O) groups is 2. The Hall–Kier alpha value is -2.76. The zero-order chi connectivity index (χ0) is 18.2. The zero-order valence-electron chi connectivity index (χ0n) is 14.8. The lowest BCUT2D eigenvalue weighted by molar-refractivity contribution is -0.124. The highest BCUT2D eigenvalue weighted by molar-refractivity contribution is 6.18. The number of hydrogen-bond donors (Lipinski definition) is 1. The van der Waals surface area contributed by atoms with Crippen molar-refractivity contribution in [2.24, 2.45) is 10.9 Å². The molecule has 1 aliphatic rings. The fourth-order valence-corrected chi connectivity index (χ4v) is 2.71. The number of esters is 1. The van der Waals surface area contributed by atoms with E-state index in [0.29, 0.717) is 17.1 Å². The Kier molecular flexibility index (Phi) is 4.29. The summed E-state index contributed by atoms with van der Waals surface area (Å²) in [4.78, 5) is 34.0. The number of aromatic nitrogens is 1. The van der Waals surface area contributed by atoms with Crippen LogP contribution in [-0.2, 0) is 9.53 Å². The van der Waals surface area contributed by atoms with Gasteiger partial charge < -0.3 is 10.1 Å². The molecule has 0 fully saturated rings. The van der Waals surface area contributed by atoms with Crippen molar-refractivity contribution in [2.75, 3.05) is 6.61 Å². The van der Waals surface area contributed by atoms with Crippen LogP contribution in [0, 0.1) is 5.92 Å². The number of amidine groups is 1. The van der Waals surface area contributed by atoms with Crippen molar-refractivity contribution in [2.45, 2.75) is 33.2 Å². The lowest BCUT2D eigenvalue weighted by Gasteiger charge is -2.21. The van der Waals surface area contributed by atoms with E-state index in [0.717, 1.165) is 10.9 Å². The number of aliphatic imine (C=N–C) groups is 1. The molecule has 1 aromatic carbocycles. The summed E-state index contributed by atoms with van der Waals surface area (Å²) in [6.07, 6.45) is 0. The van der Waals surface area contributed by atoms with Crippen LogP contribution in [0.3, 0.4) is 0 Å². The predicted octanol–water partition coefficient (Wildman–Crippen LogP) is 2.70. The molecule has 2 aromatic rings. The van der Waals surface area contributed by atoms with E-state index in [-0.39, 0.29) is 18.4 Å². The summed E-state index contributed by atoms with van der Waals surface area (Å²) in [6.45, 7) is 7.66. The van der Waals surface area contributed by atoms with Gasteiger partial charge in [0.15, 0.2) is 5.84 Å². The summed E-state index contributed by atoms with van der Waals surface area (Å²) in [6, 6.07) is 9.21. The highest BCUT2D eigenvalue weighted by Crippen LogP contribution is 2.28. The fourth-order valence-electron chi connectivity index (χ4n) is 2.71. The van der Waals surface area contributed by atoms with Crippen molar-refractivity contribution in [3.63, 3.8) is 0 Å². The standard InChI is InChI=1S/C19H21N3O3/c1-5-25-17(23)13-10-12-8-6-7-9-14(12)20-15(13)16-21-18(24)19(4,22-16)11(2)3/h6-11H,5H2,1-4H3,(H,21,22,24). The first-order chi connectivity index (χ1) is 11.9. The Labute approximate surface area is 146 Å². The largest absolute Gasteiger partial charge is 0.462 e. The molecule has 1 amide bonds. The van der Waals surface area contributed by atoms with Gasteiger partial charge in [-0.1, -0.05) is 32.0 Å². The first-order valence-corrected chi connectivity index (χ1v) is 8.35. The molecule has 3 rings (SSSR count). The molecule has 0 aliphatic carbocycles. The number of rotatable bonds is 4. The minimum atomic E-state index is -0.880. The Bertz CT molecular complexity index is 889. The van der Waals surface area contributed by atoms with Crippen LogP contribution >= 0.6 is 0 Å². The Morgan fingerprint density at radius 2 is 2.04 bits per heavy atom. The smallest absolute Gasteiger partial charge is 0.340 e. The number of carbonyl (C=O) groups excluding carboxylic acids is 2. The summed E-state index contributed by atoms with van der Waals surface area (Å²) in [7, 11) is 0. The number of fused-ring (bicyclic) bond motifs is 1. The monoisotopic (exact) mass is 339 g/mol. The second-order valence-corrected chi connectivity index (χ2v) is 6.51. The van der Waals surface area contributed by atoms with Gasteiger partial charge in [0.2, 0.25) is 0 Å². The molecule has 0 saturated heterocycles. The van der Waals surface area contributed by atoms with E-state index in [1.165, 1.54) is 0 Å². The molecule has 2 heterocycles. The van der Waals surface area contributed by atoms with Crippen LogP contribution in [-0.4, -0.2) is 34.8 Å². The summed E-state index contributed by atoms with van der Waals surface area (Å²) in [5.74, 6) is -0.348. The SMILES string of the molecule is CCOC(=O)c1cc2ccccc2nc1C1=NC(C)(C(C)C)C(=O)N1. The Balaban J connectivity index is 2.19. The van der Waals surface area contributed by atoms with Gasteiger partial charge in [0, 0.05) is 5.39 Å². The van der Waals surface area contributed by atoms with Crippen LogP contribution in [0.2, 0.25) is 0 Å². The molecule has 130 valence electrons. The third kappa shape index (κ3) is 2.88. The molecule has 25 heavy (non-hydrogen) atoms. The van der Waals surface area contributed by atoms with Crippen molar-refractivity contribution >= 4 is 28.6 Å². The molecule has 0 bridgehead atoms. The maximum absolute atomic E-state index is 12.4. The van der Waals surface area contributed by atoms with E-state index >= 15 is 0 Å². The van der Waals surface area contributed by atoms with Crippen molar-refractivity contribution in [1.82, 2.24) is 10.3 Å². The van der Waals surface area contributed by atoms with Crippen LogP contribution in [0.15, 0.2) is 35.3 Å². The Morgan fingerprint density at radius 1 is 1.32 bits per heavy atom. The van der Waals surface area contributed by atoms with Crippen molar-refractivity contribution < 1.29 is 14.3 Å². The van der Waals surface area contributed by atoms with E-state index in [4.69, 9.17) is 4.74 Å². The average molecular weight is 339 g/mol. The van der Waals surface area contributed by atoms with Crippen molar-refractivity contribution in [3.8, 4) is 0 Å². The predicted molar refractivity (Wildman–Crippen MR) is 95.6 cm³/mol. The van der Waals surface area contributed by atoms with Gasteiger partial charge in [-0.15, -0.1) is 0 Å². The van der Waals surface area contributed by atoms with Crippen LogP contribution < -0.4 is 5.32 Å². The molecular formula is C19H21N3O3. The third-order valence-electron chi connectivity index (χ3n) is 4.60. The topological polar surface area (TPSA) is 80.7 Å². The highest BCUT2D eigenvalue weighted by Gasteiger charge is 2.43. The molecule has 1 unspecified atom stereocenters. The van der Waals surface area contributed by atoms with E-state index in [9.17, 15) is 9.59 Å². The average Bonchev–Trinajstić information content (AvgIpc) is 2.90.